The van der Waals surface area contributed by atoms with Crippen LogP contribution in [-0.4, -0.2) is 6.61 Å². The lowest BCUT2D eigenvalue weighted by Crippen LogP contribution is -2.11. The van der Waals surface area contributed by atoms with Crippen LogP contribution in [0.2, 0.25) is 0 Å². The summed E-state index contributed by atoms with van der Waals surface area (Å²) >= 11 is 0. The molecule has 0 saturated heterocycles. The zero-order chi connectivity index (χ0) is 41.5. The van der Waals surface area contributed by atoms with Gasteiger partial charge in [0.05, 0.1) is 6.61 Å². The van der Waals surface area contributed by atoms with E-state index >= 15 is 0 Å². The topological polar surface area (TPSA) is 33.3 Å². The van der Waals surface area contributed by atoms with E-state index in [0.29, 0.717) is 5.92 Å². The summed E-state index contributed by atoms with van der Waals surface area (Å²) in [6.07, 6.45) is 20.0. The molecule has 0 spiro atoms. The van der Waals surface area contributed by atoms with Gasteiger partial charge in [0.2, 0.25) is 0 Å². The molecule has 2 N–H and O–H groups in total. The molecule has 3 nitrogen and oxygen atoms in total. The molecule has 0 aromatic heterocycles. The van der Waals surface area contributed by atoms with E-state index in [9.17, 15) is 0 Å². The van der Waals surface area contributed by atoms with E-state index in [1.807, 2.05) is 12.1 Å². The third-order valence-electron chi connectivity index (χ3n) is 10.6. The van der Waals surface area contributed by atoms with Gasteiger partial charge in [0.15, 0.2) is 0 Å². The van der Waals surface area contributed by atoms with Crippen molar-refractivity contribution in [3.8, 4) is 5.75 Å². The van der Waals surface area contributed by atoms with Gasteiger partial charge in [0.25, 0.3) is 0 Å². The standard InChI is InChI=1S/C29H35NO.C27H31N/c1-4-6-7-24(5-2)22-31-29-20-18-28(19-21-29)30-27-16-14-26(15-17-27)13-12-25-10-8-23(3)9-11-25;1-3-4-5-6-7-23-14-18-26(19-15-23)28-27-20-16-25(17-21-27)13-12-24-10-8-22(2)9-11-24/h8-21,24,30H,4-7,22H2,1-3H3;8-21,28H,3-7H2,1-2H3/b2*13-12+. The molecule has 0 saturated carbocycles. The summed E-state index contributed by atoms with van der Waals surface area (Å²) in [5.74, 6) is 1.59. The predicted octanol–water partition coefficient (Wildman–Crippen LogP) is 16.5. The van der Waals surface area contributed by atoms with E-state index in [0.717, 1.165) is 35.1 Å². The van der Waals surface area contributed by atoms with Gasteiger partial charge in [-0.05, 0) is 128 Å². The molecule has 1 atom stereocenters. The van der Waals surface area contributed by atoms with Crippen molar-refractivity contribution in [1.29, 1.82) is 0 Å². The second-order valence-electron chi connectivity index (χ2n) is 15.7. The quantitative estimate of drug-likeness (QED) is 0.0598. The van der Waals surface area contributed by atoms with Gasteiger partial charge in [0, 0.05) is 22.7 Å². The van der Waals surface area contributed by atoms with Crippen molar-refractivity contribution in [3.05, 3.63) is 185 Å². The first kappa shape index (κ1) is 44.3. The summed E-state index contributed by atoms with van der Waals surface area (Å²) in [6, 6.07) is 51.3. The molecule has 3 heteroatoms. The first-order chi connectivity index (χ1) is 28.9. The Hall–Kier alpha value is -5.80. The average molecular weight is 783 g/mol. The van der Waals surface area contributed by atoms with Gasteiger partial charge in [-0.25, -0.2) is 0 Å². The van der Waals surface area contributed by atoms with Gasteiger partial charge in [-0.15, -0.1) is 0 Å². The van der Waals surface area contributed by atoms with Gasteiger partial charge < -0.3 is 15.4 Å². The minimum Gasteiger partial charge on any atom is -0.493 e. The number of nitrogens with one attached hydrogen (secondary N) is 2. The number of unbranched alkanes of at least 4 members (excludes halogenated alkanes) is 4. The maximum atomic E-state index is 6.01. The van der Waals surface area contributed by atoms with Crippen LogP contribution in [0, 0.1) is 19.8 Å². The molecular weight excluding hydrogens is 717 g/mol. The number of anilines is 4. The van der Waals surface area contributed by atoms with Crippen molar-refractivity contribution in [2.45, 2.75) is 92.4 Å². The van der Waals surface area contributed by atoms with E-state index in [1.165, 1.54) is 96.7 Å². The van der Waals surface area contributed by atoms with Crippen LogP contribution in [0.15, 0.2) is 146 Å². The molecule has 59 heavy (non-hydrogen) atoms. The SMILES string of the molecule is CCCCC(CC)COc1ccc(Nc2ccc(/C=C/c3ccc(C)cc3)cc2)cc1.CCCCCCc1ccc(Nc2ccc(/C=C/c3ccc(C)cc3)cc2)cc1. The van der Waals surface area contributed by atoms with Gasteiger partial charge in [-0.2, -0.15) is 0 Å². The highest BCUT2D eigenvalue weighted by atomic mass is 16.5. The van der Waals surface area contributed by atoms with Crippen molar-refractivity contribution in [1.82, 2.24) is 0 Å². The fourth-order valence-corrected chi connectivity index (χ4v) is 6.69. The van der Waals surface area contributed by atoms with Crippen LogP contribution in [-0.2, 0) is 6.42 Å². The first-order valence-electron chi connectivity index (χ1n) is 21.9. The van der Waals surface area contributed by atoms with Crippen molar-refractivity contribution >= 4 is 47.1 Å². The summed E-state index contributed by atoms with van der Waals surface area (Å²) < 4.78 is 6.01. The van der Waals surface area contributed by atoms with Crippen molar-refractivity contribution in [3.63, 3.8) is 0 Å². The number of benzene rings is 6. The average Bonchev–Trinajstić information content (AvgIpc) is 3.27. The zero-order valence-corrected chi connectivity index (χ0v) is 36.2. The lowest BCUT2D eigenvalue weighted by molar-refractivity contribution is 0.233. The smallest absolute Gasteiger partial charge is 0.119 e. The summed E-state index contributed by atoms with van der Waals surface area (Å²) in [5, 5.41) is 6.95. The second-order valence-corrected chi connectivity index (χ2v) is 15.7. The molecule has 6 rings (SSSR count). The molecule has 6 aromatic rings. The predicted molar refractivity (Wildman–Crippen MR) is 259 cm³/mol. The van der Waals surface area contributed by atoms with E-state index in [4.69, 9.17) is 4.74 Å². The molecule has 0 heterocycles. The Morgan fingerprint density at radius 2 is 0.831 bits per heavy atom. The number of ether oxygens (including phenoxy) is 1. The second kappa shape index (κ2) is 24.9. The summed E-state index contributed by atoms with van der Waals surface area (Å²) in [4.78, 5) is 0. The Labute approximate surface area is 356 Å². The minimum absolute atomic E-state index is 0.649. The van der Waals surface area contributed by atoms with Gasteiger partial charge in [-0.3, -0.25) is 0 Å². The molecule has 0 fully saturated rings. The number of rotatable bonds is 20. The van der Waals surface area contributed by atoms with E-state index in [2.05, 4.69) is 203 Å². The molecule has 306 valence electrons. The highest BCUT2D eigenvalue weighted by Gasteiger charge is 2.07. The van der Waals surface area contributed by atoms with Crippen LogP contribution in [0.4, 0.5) is 22.7 Å². The van der Waals surface area contributed by atoms with Crippen LogP contribution in [0.25, 0.3) is 24.3 Å². The highest BCUT2D eigenvalue weighted by molar-refractivity contribution is 5.72. The first-order valence-corrected chi connectivity index (χ1v) is 21.9. The largest absolute Gasteiger partial charge is 0.493 e. The Morgan fingerprint density at radius 1 is 0.441 bits per heavy atom. The maximum absolute atomic E-state index is 6.01. The fraction of sp³-hybridized carbons (Fsp3) is 0.286. The molecule has 0 aliphatic heterocycles. The fourth-order valence-electron chi connectivity index (χ4n) is 6.69. The van der Waals surface area contributed by atoms with Gasteiger partial charge in [0.1, 0.15) is 5.75 Å². The van der Waals surface area contributed by atoms with E-state index < -0.39 is 0 Å². The Bertz CT molecular complexity index is 2090. The lowest BCUT2D eigenvalue weighted by atomic mass is 10.0. The van der Waals surface area contributed by atoms with Gasteiger partial charge >= 0.3 is 0 Å². The molecular formula is C56H66N2O. The molecule has 0 aliphatic rings. The van der Waals surface area contributed by atoms with Crippen LogP contribution in [0.3, 0.4) is 0 Å². The van der Waals surface area contributed by atoms with Crippen LogP contribution < -0.4 is 15.4 Å². The van der Waals surface area contributed by atoms with Crippen LogP contribution in [0.5, 0.6) is 5.75 Å². The zero-order valence-electron chi connectivity index (χ0n) is 36.2. The van der Waals surface area contributed by atoms with Gasteiger partial charge in [-0.1, -0.05) is 180 Å². The van der Waals surface area contributed by atoms with E-state index in [1.54, 1.807) is 0 Å². The molecule has 0 radical (unpaired) electrons. The molecule has 0 aliphatic carbocycles. The maximum Gasteiger partial charge on any atom is 0.119 e. The van der Waals surface area contributed by atoms with E-state index in [-0.39, 0.29) is 0 Å². The Kier molecular flexibility index (Phi) is 18.7. The summed E-state index contributed by atoms with van der Waals surface area (Å²) in [5.41, 5.74) is 13.2. The third kappa shape index (κ3) is 16.5. The Balaban J connectivity index is 0.000000225. The molecule has 0 amide bonds. The molecule has 0 bridgehead atoms. The number of hydrogen-bond donors (Lipinski definition) is 2. The Morgan fingerprint density at radius 3 is 1.24 bits per heavy atom. The normalized spacial score (nSPS) is 11.6. The van der Waals surface area contributed by atoms with Crippen molar-refractivity contribution < 1.29 is 4.74 Å². The van der Waals surface area contributed by atoms with Crippen molar-refractivity contribution in [2.24, 2.45) is 5.92 Å². The lowest BCUT2D eigenvalue weighted by Gasteiger charge is -2.16. The summed E-state index contributed by atoms with van der Waals surface area (Å²) in [6.45, 7) is 11.8. The van der Waals surface area contributed by atoms with Crippen LogP contribution in [0.1, 0.15) is 111 Å². The van der Waals surface area contributed by atoms with Crippen LogP contribution >= 0.6 is 0 Å². The number of aryl methyl sites for hydroxylation is 3. The monoisotopic (exact) mass is 783 g/mol. The van der Waals surface area contributed by atoms with Crippen molar-refractivity contribution in [2.75, 3.05) is 17.2 Å². The third-order valence-corrected chi connectivity index (χ3v) is 10.6. The molecule has 1 unspecified atom stereocenters. The summed E-state index contributed by atoms with van der Waals surface area (Å²) in [7, 11) is 0. The minimum atomic E-state index is 0.649. The number of hydrogen-bond acceptors (Lipinski definition) is 3. The molecule has 6 aromatic carbocycles. The highest BCUT2D eigenvalue weighted by Crippen LogP contribution is 2.23.